The van der Waals surface area contributed by atoms with Gasteiger partial charge >= 0.3 is 0 Å². The van der Waals surface area contributed by atoms with Crippen molar-refractivity contribution in [1.82, 2.24) is 19.1 Å². The molecule has 0 atom stereocenters. The van der Waals surface area contributed by atoms with Crippen molar-refractivity contribution in [3.8, 4) is 79.0 Å². The summed E-state index contributed by atoms with van der Waals surface area (Å²) in [6.45, 7) is 2.14. The molecule has 3 aromatic heterocycles. The molecule has 0 unspecified atom stereocenters. The Morgan fingerprint density at radius 1 is 0.377 bits per heavy atom. The molecule has 13 rings (SSSR count). The molecule has 0 saturated carbocycles. The summed E-state index contributed by atoms with van der Waals surface area (Å²) in [5, 5.41) is 1.92. The second-order valence-corrected chi connectivity index (χ2v) is 17.4. The van der Waals surface area contributed by atoms with Crippen LogP contribution in [-0.4, -0.2) is 19.1 Å². The zero-order chi connectivity index (χ0) is 45.8. The number of benzene rings is 10. The average Bonchev–Trinajstić information content (AvgIpc) is 4.11. The van der Waals surface area contributed by atoms with Crippen LogP contribution >= 0.6 is 0 Å². The first-order valence-electron chi connectivity index (χ1n) is 23.2. The molecule has 0 spiro atoms. The number of nitrogens with zero attached hydrogens (tertiary/aromatic N) is 4. The number of ether oxygens (including phenoxy) is 1. The fourth-order valence-corrected chi connectivity index (χ4v) is 9.95. The van der Waals surface area contributed by atoms with Gasteiger partial charge in [-0.1, -0.05) is 164 Å². The Kier molecular flexibility index (Phi) is 9.61. The quantitative estimate of drug-likeness (QED) is 0.145. The van der Waals surface area contributed by atoms with E-state index in [1.165, 1.54) is 11.1 Å². The van der Waals surface area contributed by atoms with E-state index >= 15 is 0 Å². The summed E-state index contributed by atoms with van der Waals surface area (Å²) in [5.74, 6) is 2.88. The van der Waals surface area contributed by atoms with Crippen molar-refractivity contribution in [3.05, 3.63) is 242 Å². The summed E-state index contributed by atoms with van der Waals surface area (Å²) in [4.78, 5) is 10.7. The van der Waals surface area contributed by atoms with Crippen LogP contribution in [0.2, 0.25) is 0 Å². The van der Waals surface area contributed by atoms with Crippen LogP contribution in [0.25, 0.3) is 112 Å². The highest BCUT2D eigenvalue weighted by Crippen LogP contribution is 2.44. The number of imidazole rings is 2. The minimum Gasteiger partial charge on any atom is -0.457 e. The van der Waals surface area contributed by atoms with E-state index in [4.69, 9.17) is 19.1 Å². The largest absolute Gasteiger partial charge is 0.457 e. The first-order valence-corrected chi connectivity index (χ1v) is 23.2. The smallest absolute Gasteiger partial charge is 0.149 e. The van der Waals surface area contributed by atoms with Crippen LogP contribution in [0.1, 0.15) is 5.56 Å². The average molecular weight is 887 g/mol. The Morgan fingerprint density at radius 3 is 1.59 bits per heavy atom. The number of aryl methyl sites for hydroxylation is 1. The standard InChI is InChI=1S/C63H42N4O2/c1-41-19-8-9-26-48(41)44-35-36-51-52-39-47(68-46-25-18-24-45(37-46)62-64-54-29-12-16-33-58(54)66(62)56-31-14-10-27-49(56)42-20-4-2-5-21-42)40-53(61(52)69-60(51)38-44)63-65-55-30-13-17-34-59(55)67(63)57-32-15-11-28-50(57)43-22-6-3-7-23-43/h2-40H,1H3. The number of hydrogen-bond donors (Lipinski definition) is 0. The topological polar surface area (TPSA) is 58.0 Å². The highest BCUT2D eigenvalue weighted by molar-refractivity contribution is 6.11. The third kappa shape index (κ3) is 6.97. The molecule has 0 bridgehead atoms. The van der Waals surface area contributed by atoms with Crippen molar-refractivity contribution in [2.75, 3.05) is 0 Å². The van der Waals surface area contributed by atoms with Gasteiger partial charge in [0.2, 0.25) is 0 Å². The number of fused-ring (bicyclic) bond motifs is 5. The Bertz CT molecular complexity index is 4070. The molecule has 0 aliphatic carbocycles. The molecule has 0 saturated heterocycles. The van der Waals surface area contributed by atoms with Crippen LogP contribution in [0.4, 0.5) is 0 Å². The van der Waals surface area contributed by atoms with Gasteiger partial charge in [0.1, 0.15) is 34.3 Å². The maximum Gasteiger partial charge on any atom is 0.149 e. The lowest BCUT2D eigenvalue weighted by Gasteiger charge is -2.16. The van der Waals surface area contributed by atoms with Crippen molar-refractivity contribution in [2.24, 2.45) is 0 Å². The molecule has 0 radical (unpaired) electrons. The summed E-state index contributed by atoms with van der Waals surface area (Å²) in [6.07, 6.45) is 0. The molecule has 6 nitrogen and oxygen atoms in total. The molecule has 0 aliphatic heterocycles. The normalized spacial score (nSPS) is 11.6. The van der Waals surface area contributed by atoms with Gasteiger partial charge in [-0.3, -0.25) is 9.13 Å². The SMILES string of the molecule is Cc1ccccc1-c1ccc2c(c1)oc1c(-c3nc4ccccc4n3-c3ccccc3-c3ccccc3)cc(Oc3cccc(-c4nc5ccccc5n4-c4ccccc4-c4ccccc4)c3)cc12. The number of hydrogen-bond acceptors (Lipinski definition) is 4. The summed E-state index contributed by atoms with van der Waals surface area (Å²) < 4.78 is 18.6. The van der Waals surface area contributed by atoms with Gasteiger partial charge in [-0.2, -0.15) is 0 Å². The first-order chi connectivity index (χ1) is 34.1. The van der Waals surface area contributed by atoms with Crippen molar-refractivity contribution in [3.63, 3.8) is 0 Å². The lowest BCUT2D eigenvalue weighted by atomic mass is 9.99. The van der Waals surface area contributed by atoms with E-state index in [2.05, 4.69) is 228 Å². The van der Waals surface area contributed by atoms with Gasteiger partial charge < -0.3 is 9.15 Å². The molecule has 10 aromatic carbocycles. The van der Waals surface area contributed by atoms with Crippen molar-refractivity contribution in [2.45, 2.75) is 6.92 Å². The molecule has 326 valence electrons. The minimum atomic E-state index is 0.651. The fraction of sp³-hybridized carbons (Fsp3) is 0.0159. The zero-order valence-corrected chi connectivity index (χ0v) is 37.6. The molecule has 0 aliphatic rings. The molecule has 69 heavy (non-hydrogen) atoms. The predicted octanol–water partition coefficient (Wildman–Crippen LogP) is 16.7. The van der Waals surface area contributed by atoms with Gasteiger partial charge in [-0.25, -0.2) is 9.97 Å². The van der Waals surface area contributed by atoms with E-state index in [1.54, 1.807) is 0 Å². The van der Waals surface area contributed by atoms with Crippen molar-refractivity contribution < 1.29 is 9.15 Å². The van der Waals surface area contributed by atoms with Crippen molar-refractivity contribution >= 4 is 44.0 Å². The first kappa shape index (κ1) is 40.1. The minimum absolute atomic E-state index is 0.651. The molecule has 6 heteroatoms. The van der Waals surface area contributed by atoms with Crippen molar-refractivity contribution in [1.29, 1.82) is 0 Å². The second-order valence-electron chi connectivity index (χ2n) is 17.4. The fourth-order valence-electron chi connectivity index (χ4n) is 9.95. The highest BCUT2D eigenvalue weighted by Gasteiger charge is 2.24. The third-order valence-corrected chi connectivity index (χ3v) is 13.2. The third-order valence-electron chi connectivity index (χ3n) is 13.2. The Morgan fingerprint density at radius 2 is 0.928 bits per heavy atom. The molecular weight excluding hydrogens is 845 g/mol. The van der Waals surface area contributed by atoms with Crippen LogP contribution in [0.15, 0.2) is 241 Å². The number of furan rings is 1. The molecule has 3 heterocycles. The van der Waals surface area contributed by atoms with E-state index in [-0.39, 0.29) is 0 Å². The van der Waals surface area contributed by atoms with Gasteiger partial charge in [0.15, 0.2) is 0 Å². The number of rotatable bonds is 9. The highest BCUT2D eigenvalue weighted by atomic mass is 16.5. The maximum atomic E-state index is 7.05. The lowest BCUT2D eigenvalue weighted by molar-refractivity contribution is 0.483. The van der Waals surface area contributed by atoms with Crippen LogP contribution in [0.3, 0.4) is 0 Å². The van der Waals surface area contributed by atoms with E-state index in [9.17, 15) is 0 Å². The molecule has 0 N–H and O–H groups in total. The Labute approximate surface area is 398 Å². The number of para-hydroxylation sites is 6. The van der Waals surface area contributed by atoms with Gasteiger partial charge in [0, 0.05) is 27.5 Å². The summed E-state index contributed by atoms with van der Waals surface area (Å²) >= 11 is 0. The summed E-state index contributed by atoms with van der Waals surface area (Å²) in [5.41, 5.74) is 17.0. The monoisotopic (exact) mass is 886 g/mol. The zero-order valence-electron chi connectivity index (χ0n) is 37.6. The second kappa shape index (κ2) is 16.6. The van der Waals surface area contributed by atoms with E-state index in [0.29, 0.717) is 11.5 Å². The lowest BCUT2D eigenvalue weighted by Crippen LogP contribution is -2.01. The van der Waals surface area contributed by atoms with Crippen LogP contribution in [0, 0.1) is 6.92 Å². The Balaban J connectivity index is 1.00. The van der Waals surface area contributed by atoms with Gasteiger partial charge in [0.25, 0.3) is 0 Å². The number of aromatic nitrogens is 4. The van der Waals surface area contributed by atoms with Crippen LogP contribution in [0.5, 0.6) is 11.5 Å². The summed E-state index contributed by atoms with van der Waals surface area (Å²) in [6, 6.07) is 82.1. The van der Waals surface area contributed by atoms with Crippen LogP contribution in [-0.2, 0) is 0 Å². The van der Waals surface area contributed by atoms with Gasteiger partial charge in [-0.05, 0) is 108 Å². The van der Waals surface area contributed by atoms with Gasteiger partial charge in [0.05, 0.1) is 39.0 Å². The van der Waals surface area contributed by atoms with Gasteiger partial charge in [-0.15, -0.1) is 0 Å². The van der Waals surface area contributed by atoms with E-state index in [0.717, 1.165) is 106 Å². The maximum absolute atomic E-state index is 7.05. The van der Waals surface area contributed by atoms with E-state index < -0.39 is 0 Å². The Hall–Kier alpha value is -9.26. The molecule has 0 fully saturated rings. The van der Waals surface area contributed by atoms with E-state index in [1.807, 2.05) is 24.3 Å². The predicted molar refractivity (Wildman–Crippen MR) is 281 cm³/mol. The van der Waals surface area contributed by atoms with Crippen LogP contribution < -0.4 is 4.74 Å². The molecule has 0 amide bonds. The molecular formula is C63H42N4O2. The summed E-state index contributed by atoms with van der Waals surface area (Å²) in [7, 11) is 0. The molecule has 13 aromatic rings.